The van der Waals surface area contributed by atoms with Crippen LogP contribution < -0.4 is 0 Å². The van der Waals surface area contributed by atoms with Gasteiger partial charge in [-0.3, -0.25) is 0 Å². The summed E-state index contributed by atoms with van der Waals surface area (Å²) in [4.78, 5) is 0. The Labute approximate surface area is 156 Å². The lowest BCUT2D eigenvalue weighted by Crippen LogP contribution is -1.85. The molecule has 5 aromatic carbocycles. The van der Waals surface area contributed by atoms with Crippen LogP contribution in [-0.2, 0) is 0 Å². The van der Waals surface area contributed by atoms with E-state index in [4.69, 9.17) is 0 Å². The highest BCUT2D eigenvalue weighted by Gasteiger charge is 2.10. The van der Waals surface area contributed by atoms with Crippen LogP contribution in [0.2, 0.25) is 0 Å². The fourth-order valence-corrected chi connectivity index (χ4v) is 4.52. The first kappa shape index (κ1) is 14.4. The Hall–Kier alpha value is -1.90. The maximum atomic E-state index is 3.70. The van der Waals surface area contributed by atoms with Crippen molar-refractivity contribution in [1.29, 1.82) is 0 Å². The van der Waals surface area contributed by atoms with Gasteiger partial charge >= 0.3 is 0 Å². The second kappa shape index (κ2) is 5.30. The van der Waals surface area contributed by atoms with E-state index in [1.165, 1.54) is 43.1 Å². The molecule has 0 nitrogen and oxygen atoms in total. The maximum absolute atomic E-state index is 3.70. The Morgan fingerprint density at radius 3 is 1.96 bits per heavy atom. The van der Waals surface area contributed by atoms with Gasteiger partial charge in [0.15, 0.2) is 0 Å². The van der Waals surface area contributed by atoms with Gasteiger partial charge in [0.05, 0.1) is 0 Å². The van der Waals surface area contributed by atoms with Crippen molar-refractivity contribution >= 4 is 74.9 Å². The average molecular weight is 436 g/mol. The lowest BCUT2D eigenvalue weighted by molar-refractivity contribution is 1.73. The van der Waals surface area contributed by atoms with Crippen LogP contribution in [0.3, 0.4) is 0 Å². The topological polar surface area (TPSA) is 0 Å². The Balaban J connectivity index is 2.16. The monoisotopic (exact) mass is 434 g/mol. The third kappa shape index (κ3) is 2.03. The van der Waals surface area contributed by atoms with Crippen molar-refractivity contribution in [2.24, 2.45) is 0 Å². The molecule has 0 spiro atoms. The molecule has 2 heteroatoms. The average Bonchev–Trinajstić information content (AvgIpc) is 2.61. The van der Waals surface area contributed by atoms with E-state index >= 15 is 0 Å². The molecule has 0 aliphatic heterocycles. The van der Waals surface area contributed by atoms with Gasteiger partial charge in [0.25, 0.3) is 0 Å². The summed E-state index contributed by atoms with van der Waals surface area (Å²) in [5.41, 5.74) is 0. The van der Waals surface area contributed by atoms with E-state index in [0.29, 0.717) is 0 Å². The van der Waals surface area contributed by atoms with E-state index < -0.39 is 0 Å². The lowest BCUT2D eigenvalue weighted by Gasteiger charge is -2.12. The summed E-state index contributed by atoms with van der Waals surface area (Å²) >= 11 is 7.34. The standard InChI is InChI=1S/C22H12Br2/c23-14-8-9-17-15-5-1-2-6-16(15)19-10-13-4-3-7-22(24)18(13)12-21(19)20(17)11-14/h1-12H. The van der Waals surface area contributed by atoms with Gasteiger partial charge in [0, 0.05) is 8.95 Å². The predicted molar refractivity (Wildman–Crippen MR) is 112 cm³/mol. The van der Waals surface area contributed by atoms with Crippen molar-refractivity contribution in [3.63, 3.8) is 0 Å². The largest absolute Gasteiger partial charge is 0.0616 e. The summed E-state index contributed by atoms with van der Waals surface area (Å²) in [6, 6.07) is 26.3. The lowest BCUT2D eigenvalue weighted by atomic mass is 9.92. The molecule has 0 atom stereocenters. The molecule has 0 bridgehead atoms. The van der Waals surface area contributed by atoms with Gasteiger partial charge in [0.2, 0.25) is 0 Å². The number of benzene rings is 5. The molecular formula is C22H12Br2. The number of rotatable bonds is 0. The van der Waals surface area contributed by atoms with Crippen LogP contribution in [0.15, 0.2) is 81.7 Å². The zero-order chi connectivity index (χ0) is 16.3. The molecule has 5 rings (SSSR count). The molecular weight excluding hydrogens is 424 g/mol. The van der Waals surface area contributed by atoms with Crippen LogP contribution in [0.4, 0.5) is 0 Å². The van der Waals surface area contributed by atoms with E-state index in [1.54, 1.807) is 0 Å². The summed E-state index contributed by atoms with van der Waals surface area (Å²) < 4.78 is 2.25. The van der Waals surface area contributed by atoms with Gasteiger partial charge in [-0.1, -0.05) is 74.3 Å². The van der Waals surface area contributed by atoms with E-state index in [2.05, 4.69) is 105 Å². The predicted octanol–water partition coefficient (Wildman–Crippen LogP) is 7.82. The minimum Gasteiger partial charge on any atom is -0.0616 e. The van der Waals surface area contributed by atoms with Crippen molar-refractivity contribution in [2.45, 2.75) is 0 Å². The Bertz CT molecular complexity index is 1270. The second-order valence-corrected chi connectivity index (χ2v) is 7.86. The highest BCUT2D eigenvalue weighted by Crippen LogP contribution is 2.39. The highest BCUT2D eigenvalue weighted by molar-refractivity contribution is 9.11. The number of hydrogen-bond acceptors (Lipinski definition) is 0. The minimum absolute atomic E-state index is 1.11. The molecule has 0 aliphatic carbocycles. The van der Waals surface area contributed by atoms with Gasteiger partial charge in [-0.05, 0) is 73.4 Å². The zero-order valence-electron chi connectivity index (χ0n) is 12.7. The van der Waals surface area contributed by atoms with Gasteiger partial charge in [-0.25, -0.2) is 0 Å². The number of hydrogen-bond donors (Lipinski definition) is 0. The quantitative estimate of drug-likeness (QED) is 0.172. The van der Waals surface area contributed by atoms with Gasteiger partial charge in [0.1, 0.15) is 0 Å². The van der Waals surface area contributed by atoms with Crippen LogP contribution >= 0.6 is 31.9 Å². The second-order valence-electron chi connectivity index (χ2n) is 6.09. The van der Waals surface area contributed by atoms with Gasteiger partial charge in [-0.2, -0.15) is 0 Å². The first-order valence-corrected chi connectivity index (χ1v) is 9.43. The molecule has 0 amide bonds. The van der Waals surface area contributed by atoms with E-state index in [9.17, 15) is 0 Å². The Morgan fingerprint density at radius 2 is 1.12 bits per heavy atom. The molecule has 0 heterocycles. The molecule has 0 saturated carbocycles. The minimum atomic E-state index is 1.11. The first-order valence-electron chi connectivity index (χ1n) is 7.84. The zero-order valence-corrected chi connectivity index (χ0v) is 15.9. The van der Waals surface area contributed by atoms with Gasteiger partial charge in [-0.15, -0.1) is 0 Å². The molecule has 5 aromatic rings. The number of halogens is 2. The molecule has 114 valence electrons. The van der Waals surface area contributed by atoms with Crippen LogP contribution in [0, 0.1) is 0 Å². The Kier molecular flexibility index (Phi) is 3.19. The van der Waals surface area contributed by atoms with Crippen molar-refractivity contribution in [3.8, 4) is 0 Å². The summed E-state index contributed by atoms with van der Waals surface area (Å²) in [7, 11) is 0. The molecule has 0 N–H and O–H groups in total. The van der Waals surface area contributed by atoms with Crippen molar-refractivity contribution in [1.82, 2.24) is 0 Å². The van der Waals surface area contributed by atoms with E-state index in [1.807, 2.05) is 0 Å². The van der Waals surface area contributed by atoms with Crippen molar-refractivity contribution in [2.75, 3.05) is 0 Å². The van der Waals surface area contributed by atoms with E-state index in [-0.39, 0.29) is 0 Å². The van der Waals surface area contributed by atoms with Crippen LogP contribution in [-0.4, -0.2) is 0 Å². The molecule has 0 aliphatic rings. The molecule has 24 heavy (non-hydrogen) atoms. The number of fused-ring (bicyclic) bond motifs is 7. The van der Waals surface area contributed by atoms with Crippen molar-refractivity contribution in [3.05, 3.63) is 81.7 Å². The molecule has 0 fully saturated rings. The fraction of sp³-hybridized carbons (Fsp3) is 0. The van der Waals surface area contributed by atoms with Crippen LogP contribution in [0.5, 0.6) is 0 Å². The maximum Gasteiger partial charge on any atom is 0.0253 e. The third-order valence-corrected chi connectivity index (χ3v) is 5.93. The van der Waals surface area contributed by atoms with Gasteiger partial charge < -0.3 is 0 Å². The van der Waals surface area contributed by atoms with Crippen LogP contribution in [0.25, 0.3) is 43.1 Å². The van der Waals surface area contributed by atoms with Crippen LogP contribution in [0.1, 0.15) is 0 Å². The first-order chi connectivity index (χ1) is 11.7. The molecule has 0 radical (unpaired) electrons. The summed E-state index contributed by atoms with van der Waals surface area (Å²) in [5, 5.41) is 10.3. The molecule has 0 unspecified atom stereocenters. The fourth-order valence-electron chi connectivity index (χ4n) is 3.66. The summed E-state index contributed by atoms with van der Waals surface area (Å²) in [6.07, 6.45) is 0. The van der Waals surface area contributed by atoms with E-state index in [0.717, 1.165) is 8.95 Å². The SMILES string of the molecule is Brc1ccc2c3ccccc3c3cc4cccc(Br)c4cc3c2c1. The van der Waals surface area contributed by atoms with Crippen molar-refractivity contribution < 1.29 is 0 Å². The third-order valence-electron chi connectivity index (χ3n) is 4.74. The summed E-state index contributed by atoms with van der Waals surface area (Å²) in [6.45, 7) is 0. The molecule has 0 saturated heterocycles. The highest BCUT2D eigenvalue weighted by atomic mass is 79.9. The Morgan fingerprint density at radius 1 is 0.458 bits per heavy atom. The normalized spacial score (nSPS) is 11.8. The molecule has 0 aromatic heterocycles. The smallest absolute Gasteiger partial charge is 0.0253 e. The summed E-state index contributed by atoms with van der Waals surface area (Å²) in [5.74, 6) is 0.